The van der Waals surface area contributed by atoms with Gasteiger partial charge in [-0.05, 0) is 48.0 Å². The molecule has 4 rings (SSSR count). The second-order valence-corrected chi connectivity index (χ2v) is 7.32. The molecule has 0 N–H and O–H groups in total. The third-order valence-electron chi connectivity index (χ3n) is 4.29. The van der Waals surface area contributed by atoms with Gasteiger partial charge in [-0.15, -0.1) is 10.2 Å². The molecule has 29 heavy (non-hydrogen) atoms. The summed E-state index contributed by atoms with van der Waals surface area (Å²) in [5.41, 5.74) is 0.643. The smallest absolute Gasteiger partial charge is 0.277 e. The lowest BCUT2D eigenvalue weighted by Crippen LogP contribution is -2.03. The minimum absolute atomic E-state index is 0.0175. The maximum Gasteiger partial charge on any atom is 0.277 e. The zero-order valence-corrected chi connectivity index (χ0v) is 16.4. The van der Waals surface area contributed by atoms with E-state index in [1.54, 1.807) is 6.92 Å². The van der Waals surface area contributed by atoms with Crippen molar-refractivity contribution in [2.45, 2.75) is 18.3 Å². The number of aromatic nitrogens is 2. The molecule has 5 nitrogen and oxygen atoms in total. The van der Waals surface area contributed by atoms with Gasteiger partial charge in [-0.3, -0.25) is 4.79 Å². The van der Waals surface area contributed by atoms with Gasteiger partial charge >= 0.3 is 0 Å². The van der Waals surface area contributed by atoms with Crippen LogP contribution in [0.3, 0.4) is 0 Å². The van der Waals surface area contributed by atoms with Crippen molar-refractivity contribution in [2.24, 2.45) is 0 Å². The van der Waals surface area contributed by atoms with Gasteiger partial charge in [0, 0.05) is 5.56 Å². The topological polar surface area (TPSA) is 65.2 Å². The second kappa shape index (κ2) is 8.45. The number of benzene rings is 3. The lowest BCUT2D eigenvalue weighted by Gasteiger charge is -2.10. The number of fused-ring (bicyclic) bond motifs is 1. The number of carbonyl (C=O) groups excluding carboxylic acids is 1. The zero-order valence-electron chi connectivity index (χ0n) is 15.5. The molecular formula is C22H17FN2O3S. The monoisotopic (exact) mass is 408 g/mol. The first-order chi connectivity index (χ1) is 14.1. The van der Waals surface area contributed by atoms with Crippen LogP contribution in [0.15, 0.2) is 76.4 Å². The summed E-state index contributed by atoms with van der Waals surface area (Å²) >= 11 is 1.18. The molecule has 1 atom stereocenters. The van der Waals surface area contributed by atoms with Crippen LogP contribution in [0.5, 0.6) is 5.75 Å². The first-order valence-electron chi connectivity index (χ1n) is 8.99. The molecule has 3 aromatic carbocycles. The summed E-state index contributed by atoms with van der Waals surface area (Å²) in [6, 6.07) is 19.2. The molecule has 0 saturated carbocycles. The molecule has 7 heteroatoms. The maximum atomic E-state index is 13.0. The number of hydrogen-bond acceptors (Lipinski definition) is 6. The van der Waals surface area contributed by atoms with Gasteiger partial charge in [0.15, 0.2) is 11.9 Å². The van der Waals surface area contributed by atoms with Crippen LogP contribution in [0.1, 0.15) is 29.3 Å². The molecule has 1 aromatic heterocycles. The van der Waals surface area contributed by atoms with Gasteiger partial charge in [0.1, 0.15) is 11.6 Å². The highest BCUT2D eigenvalue weighted by Gasteiger charge is 2.17. The van der Waals surface area contributed by atoms with Crippen molar-refractivity contribution >= 4 is 28.3 Å². The molecule has 4 aromatic rings. The lowest BCUT2D eigenvalue weighted by molar-refractivity contribution is 0.102. The highest BCUT2D eigenvalue weighted by Crippen LogP contribution is 2.25. The number of nitrogens with zero attached hydrogens (tertiary/aromatic N) is 2. The van der Waals surface area contributed by atoms with Gasteiger partial charge in [-0.2, -0.15) is 0 Å². The Morgan fingerprint density at radius 3 is 2.62 bits per heavy atom. The average molecular weight is 408 g/mol. The van der Waals surface area contributed by atoms with E-state index < -0.39 is 6.10 Å². The van der Waals surface area contributed by atoms with E-state index in [0.29, 0.717) is 16.5 Å². The van der Waals surface area contributed by atoms with Crippen molar-refractivity contribution in [1.29, 1.82) is 0 Å². The molecule has 0 fully saturated rings. The molecule has 0 spiro atoms. The fourth-order valence-corrected chi connectivity index (χ4v) is 3.45. The quantitative estimate of drug-likeness (QED) is 0.298. The molecule has 0 bridgehead atoms. The van der Waals surface area contributed by atoms with E-state index in [9.17, 15) is 9.18 Å². The Kier molecular flexibility index (Phi) is 5.57. The highest BCUT2D eigenvalue weighted by molar-refractivity contribution is 7.99. The van der Waals surface area contributed by atoms with Crippen molar-refractivity contribution in [2.75, 3.05) is 5.75 Å². The molecule has 0 aliphatic heterocycles. The molecular weight excluding hydrogens is 391 g/mol. The maximum absolute atomic E-state index is 13.0. The molecule has 0 radical (unpaired) electrons. The molecule has 0 aliphatic carbocycles. The van der Waals surface area contributed by atoms with Gasteiger partial charge in [-0.25, -0.2) is 4.39 Å². The van der Waals surface area contributed by atoms with E-state index in [1.165, 1.54) is 36.0 Å². The Morgan fingerprint density at radius 2 is 1.83 bits per heavy atom. The summed E-state index contributed by atoms with van der Waals surface area (Å²) in [6.45, 7) is 1.76. The lowest BCUT2D eigenvalue weighted by atomic mass is 10.1. The molecule has 0 aliphatic rings. The largest absolute Gasteiger partial charge is 0.481 e. The van der Waals surface area contributed by atoms with Gasteiger partial charge in [0.25, 0.3) is 11.1 Å². The van der Waals surface area contributed by atoms with Crippen molar-refractivity contribution in [3.63, 3.8) is 0 Å². The van der Waals surface area contributed by atoms with Crippen molar-refractivity contribution < 1.29 is 18.3 Å². The Labute approximate surface area is 170 Å². The second-order valence-electron chi connectivity index (χ2n) is 6.39. The number of thioether (sulfide) groups is 1. The van der Waals surface area contributed by atoms with Crippen LogP contribution in [-0.2, 0) is 0 Å². The van der Waals surface area contributed by atoms with Gasteiger partial charge in [0.2, 0.25) is 0 Å². The number of halogens is 1. The van der Waals surface area contributed by atoms with E-state index in [0.717, 1.165) is 10.8 Å². The van der Waals surface area contributed by atoms with Gasteiger partial charge < -0.3 is 9.15 Å². The first kappa shape index (κ1) is 19.1. The van der Waals surface area contributed by atoms with Crippen LogP contribution in [0.2, 0.25) is 0 Å². The number of ether oxygens (including phenoxy) is 1. The minimum Gasteiger partial charge on any atom is -0.481 e. The Bertz CT molecular complexity index is 1140. The normalized spacial score (nSPS) is 12.1. The summed E-state index contributed by atoms with van der Waals surface area (Å²) in [4.78, 5) is 12.5. The highest BCUT2D eigenvalue weighted by atomic mass is 32.2. The van der Waals surface area contributed by atoms with Gasteiger partial charge in [0.05, 0.1) is 5.75 Å². The summed E-state index contributed by atoms with van der Waals surface area (Å²) in [5.74, 6) is 0.620. The van der Waals surface area contributed by atoms with Crippen LogP contribution in [0.25, 0.3) is 10.8 Å². The number of carbonyl (C=O) groups is 1. The van der Waals surface area contributed by atoms with Crippen molar-refractivity contribution in [3.05, 3.63) is 84.0 Å². The van der Waals surface area contributed by atoms with E-state index in [4.69, 9.17) is 9.15 Å². The fraction of sp³-hybridized carbons (Fsp3) is 0.136. The first-order valence-corrected chi connectivity index (χ1v) is 9.97. The average Bonchev–Trinajstić information content (AvgIpc) is 3.22. The van der Waals surface area contributed by atoms with Crippen molar-refractivity contribution in [3.8, 4) is 5.75 Å². The third-order valence-corrected chi connectivity index (χ3v) is 5.11. The fourth-order valence-electron chi connectivity index (χ4n) is 2.78. The zero-order chi connectivity index (χ0) is 20.2. The van der Waals surface area contributed by atoms with Crippen LogP contribution < -0.4 is 4.74 Å². The predicted molar refractivity (Wildman–Crippen MR) is 109 cm³/mol. The van der Waals surface area contributed by atoms with Crippen LogP contribution in [0, 0.1) is 5.82 Å². The summed E-state index contributed by atoms with van der Waals surface area (Å²) < 4.78 is 24.2. The predicted octanol–water partition coefficient (Wildman–Crippen LogP) is 5.48. The minimum atomic E-state index is -0.501. The molecule has 0 amide bonds. The molecule has 1 heterocycles. The van der Waals surface area contributed by atoms with Crippen LogP contribution >= 0.6 is 11.8 Å². The molecule has 146 valence electrons. The van der Waals surface area contributed by atoms with E-state index in [-0.39, 0.29) is 23.2 Å². The van der Waals surface area contributed by atoms with E-state index in [2.05, 4.69) is 10.2 Å². The molecule has 0 saturated heterocycles. The Balaban J connectivity index is 1.36. The summed E-state index contributed by atoms with van der Waals surface area (Å²) in [6.07, 6.45) is -0.501. The number of ketones is 1. The number of Topliss-reactive ketones (excluding diaryl/α,β-unsaturated/α-hetero) is 1. The summed E-state index contributed by atoms with van der Waals surface area (Å²) in [7, 11) is 0. The number of rotatable bonds is 7. The molecule has 1 unspecified atom stereocenters. The Hall–Kier alpha value is -3.19. The van der Waals surface area contributed by atoms with Crippen LogP contribution in [-0.4, -0.2) is 21.7 Å². The third kappa shape index (κ3) is 4.63. The SMILES string of the molecule is CC(Oc1ccc(F)cc1)c1nnc(SCC(=O)c2ccc3ccccc3c2)o1. The summed E-state index contributed by atoms with van der Waals surface area (Å²) in [5, 5.41) is 10.3. The van der Waals surface area contributed by atoms with Gasteiger partial charge in [-0.1, -0.05) is 48.2 Å². The van der Waals surface area contributed by atoms with Crippen LogP contribution in [0.4, 0.5) is 4.39 Å². The number of hydrogen-bond donors (Lipinski definition) is 0. The van der Waals surface area contributed by atoms with E-state index >= 15 is 0 Å². The standard InChI is InChI=1S/C22H17FN2O3S/c1-14(27-19-10-8-18(23)9-11-19)21-24-25-22(28-21)29-13-20(26)17-7-6-15-4-2-3-5-16(15)12-17/h2-12,14H,13H2,1H3. The Morgan fingerprint density at radius 1 is 1.07 bits per heavy atom. The van der Waals surface area contributed by atoms with E-state index in [1.807, 2.05) is 42.5 Å². The van der Waals surface area contributed by atoms with Crippen molar-refractivity contribution in [1.82, 2.24) is 10.2 Å².